The SMILES string of the molecule is CC(=O)N1CCCN(C2CCC(N)CC2)CC1. The van der Waals surface area contributed by atoms with Crippen molar-refractivity contribution in [1.82, 2.24) is 9.80 Å². The maximum Gasteiger partial charge on any atom is 0.219 e. The minimum Gasteiger partial charge on any atom is -0.342 e. The molecule has 2 fully saturated rings. The van der Waals surface area contributed by atoms with Crippen molar-refractivity contribution in [3.8, 4) is 0 Å². The predicted octanol–water partition coefficient (Wildman–Crippen LogP) is 0.811. The van der Waals surface area contributed by atoms with Crippen molar-refractivity contribution >= 4 is 5.91 Å². The summed E-state index contributed by atoms with van der Waals surface area (Å²) >= 11 is 0. The quantitative estimate of drug-likeness (QED) is 0.737. The highest BCUT2D eigenvalue weighted by molar-refractivity contribution is 5.73. The Bertz CT molecular complexity index is 261. The molecule has 2 N–H and O–H groups in total. The first-order valence-electron chi connectivity index (χ1n) is 6.92. The number of rotatable bonds is 1. The average molecular weight is 239 g/mol. The first kappa shape index (κ1) is 12.8. The summed E-state index contributed by atoms with van der Waals surface area (Å²) in [5.74, 6) is 0.220. The van der Waals surface area contributed by atoms with E-state index in [1.807, 2.05) is 4.90 Å². The number of amides is 1. The van der Waals surface area contributed by atoms with Gasteiger partial charge in [0, 0.05) is 45.2 Å². The van der Waals surface area contributed by atoms with Crippen molar-refractivity contribution in [3.63, 3.8) is 0 Å². The van der Waals surface area contributed by atoms with Crippen LogP contribution in [0.4, 0.5) is 0 Å². The van der Waals surface area contributed by atoms with Crippen LogP contribution >= 0.6 is 0 Å². The van der Waals surface area contributed by atoms with E-state index in [0.29, 0.717) is 12.1 Å². The lowest BCUT2D eigenvalue weighted by Gasteiger charge is -2.35. The minimum absolute atomic E-state index is 0.220. The zero-order valence-corrected chi connectivity index (χ0v) is 10.9. The fourth-order valence-electron chi connectivity index (χ4n) is 3.08. The summed E-state index contributed by atoms with van der Waals surface area (Å²) in [5.41, 5.74) is 5.95. The molecule has 1 heterocycles. The molecule has 1 saturated heterocycles. The third-order valence-corrected chi connectivity index (χ3v) is 4.23. The van der Waals surface area contributed by atoms with Gasteiger partial charge < -0.3 is 10.6 Å². The summed E-state index contributed by atoms with van der Waals surface area (Å²) in [7, 11) is 0. The molecule has 98 valence electrons. The molecule has 1 saturated carbocycles. The Morgan fingerprint density at radius 3 is 2.41 bits per heavy atom. The molecule has 0 bridgehead atoms. The highest BCUT2D eigenvalue weighted by atomic mass is 16.2. The summed E-state index contributed by atoms with van der Waals surface area (Å²) in [4.78, 5) is 15.9. The lowest BCUT2D eigenvalue weighted by atomic mass is 9.90. The fraction of sp³-hybridized carbons (Fsp3) is 0.923. The van der Waals surface area contributed by atoms with Gasteiger partial charge in [0.2, 0.25) is 5.91 Å². The van der Waals surface area contributed by atoms with E-state index < -0.39 is 0 Å². The number of nitrogens with zero attached hydrogens (tertiary/aromatic N) is 2. The summed E-state index contributed by atoms with van der Waals surface area (Å²) in [6.45, 7) is 5.69. The Morgan fingerprint density at radius 2 is 1.76 bits per heavy atom. The van der Waals surface area contributed by atoms with E-state index in [4.69, 9.17) is 5.73 Å². The van der Waals surface area contributed by atoms with E-state index in [0.717, 1.165) is 45.4 Å². The minimum atomic E-state index is 0.220. The second-order valence-corrected chi connectivity index (χ2v) is 5.46. The van der Waals surface area contributed by atoms with Gasteiger partial charge in [0.1, 0.15) is 0 Å². The van der Waals surface area contributed by atoms with E-state index in [9.17, 15) is 4.79 Å². The molecule has 0 aromatic heterocycles. The Kier molecular flexibility index (Phi) is 4.40. The molecule has 4 nitrogen and oxygen atoms in total. The van der Waals surface area contributed by atoms with Crippen LogP contribution in [-0.4, -0.2) is 54.0 Å². The Morgan fingerprint density at radius 1 is 1.06 bits per heavy atom. The first-order valence-corrected chi connectivity index (χ1v) is 6.92. The summed E-state index contributed by atoms with van der Waals surface area (Å²) in [6, 6.07) is 1.13. The van der Waals surface area contributed by atoms with Gasteiger partial charge in [-0.2, -0.15) is 0 Å². The molecule has 0 radical (unpaired) electrons. The van der Waals surface area contributed by atoms with Gasteiger partial charge in [-0.15, -0.1) is 0 Å². The largest absolute Gasteiger partial charge is 0.342 e. The maximum atomic E-state index is 11.4. The lowest BCUT2D eigenvalue weighted by Crippen LogP contribution is -2.42. The van der Waals surface area contributed by atoms with Gasteiger partial charge in [-0.05, 0) is 32.1 Å². The molecule has 1 amide bonds. The third-order valence-electron chi connectivity index (χ3n) is 4.23. The van der Waals surface area contributed by atoms with Gasteiger partial charge in [-0.25, -0.2) is 0 Å². The number of carbonyl (C=O) groups excluding carboxylic acids is 1. The van der Waals surface area contributed by atoms with E-state index in [1.165, 1.54) is 12.8 Å². The molecule has 1 aliphatic carbocycles. The van der Waals surface area contributed by atoms with Crippen LogP contribution in [0.1, 0.15) is 39.0 Å². The van der Waals surface area contributed by atoms with Gasteiger partial charge in [-0.3, -0.25) is 9.69 Å². The third kappa shape index (κ3) is 3.42. The van der Waals surface area contributed by atoms with Gasteiger partial charge in [0.15, 0.2) is 0 Å². The van der Waals surface area contributed by atoms with Crippen LogP contribution in [-0.2, 0) is 4.79 Å². The topological polar surface area (TPSA) is 49.6 Å². The van der Waals surface area contributed by atoms with Crippen molar-refractivity contribution in [1.29, 1.82) is 0 Å². The maximum absolute atomic E-state index is 11.4. The van der Waals surface area contributed by atoms with Crippen LogP contribution in [0.3, 0.4) is 0 Å². The van der Waals surface area contributed by atoms with Crippen LogP contribution in [0.2, 0.25) is 0 Å². The van der Waals surface area contributed by atoms with Crippen molar-refractivity contribution < 1.29 is 4.79 Å². The van der Waals surface area contributed by atoms with E-state index in [1.54, 1.807) is 6.92 Å². The average Bonchev–Trinajstić information content (AvgIpc) is 2.55. The van der Waals surface area contributed by atoms with Gasteiger partial charge in [0.25, 0.3) is 0 Å². The normalized spacial score (nSPS) is 32.2. The second kappa shape index (κ2) is 5.83. The molecular formula is C13H25N3O. The summed E-state index contributed by atoms with van der Waals surface area (Å²) < 4.78 is 0. The number of carbonyl (C=O) groups is 1. The van der Waals surface area contributed by atoms with Crippen LogP contribution in [0, 0.1) is 0 Å². The molecule has 17 heavy (non-hydrogen) atoms. The molecule has 4 heteroatoms. The van der Waals surface area contributed by atoms with Crippen LogP contribution < -0.4 is 5.73 Å². The Hall–Kier alpha value is -0.610. The molecule has 2 rings (SSSR count). The molecule has 0 spiro atoms. The summed E-state index contributed by atoms with van der Waals surface area (Å²) in [6.07, 6.45) is 5.92. The fourth-order valence-corrected chi connectivity index (χ4v) is 3.08. The molecule has 2 aliphatic rings. The molecular weight excluding hydrogens is 214 g/mol. The lowest BCUT2D eigenvalue weighted by molar-refractivity contribution is -0.128. The molecule has 0 aromatic rings. The first-order chi connectivity index (χ1) is 8.16. The number of hydrogen-bond acceptors (Lipinski definition) is 3. The highest BCUT2D eigenvalue weighted by Crippen LogP contribution is 2.23. The highest BCUT2D eigenvalue weighted by Gasteiger charge is 2.26. The van der Waals surface area contributed by atoms with E-state index >= 15 is 0 Å². The smallest absolute Gasteiger partial charge is 0.219 e. The zero-order chi connectivity index (χ0) is 12.3. The molecule has 1 aliphatic heterocycles. The number of hydrogen-bond donors (Lipinski definition) is 1. The van der Waals surface area contributed by atoms with Crippen molar-refractivity contribution in [2.24, 2.45) is 5.73 Å². The predicted molar refractivity (Wildman–Crippen MR) is 68.7 cm³/mol. The summed E-state index contributed by atoms with van der Waals surface area (Å²) in [5, 5.41) is 0. The van der Waals surface area contributed by atoms with Crippen LogP contribution in [0.15, 0.2) is 0 Å². The van der Waals surface area contributed by atoms with Crippen LogP contribution in [0.25, 0.3) is 0 Å². The van der Waals surface area contributed by atoms with E-state index in [2.05, 4.69) is 4.90 Å². The molecule has 0 unspecified atom stereocenters. The van der Waals surface area contributed by atoms with Crippen molar-refractivity contribution in [3.05, 3.63) is 0 Å². The monoisotopic (exact) mass is 239 g/mol. The number of nitrogens with two attached hydrogens (primary N) is 1. The molecule has 0 atom stereocenters. The van der Waals surface area contributed by atoms with Crippen molar-refractivity contribution in [2.45, 2.75) is 51.1 Å². The molecule has 0 aromatic carbocycles. The van der Waals surface area contributed by atoms with Gasteiger partial charge in [0.05, 0.1) is 0 Å². The Balaban J connectivity index is 1.84. The second-order valence-electron chi connectivity index (χ2n) is 5.46. The zero-order valence-electron chi connectivity index (χ0n) is 10.9. The van der Waals surface area contributed by atoms with Crippen molar-refractivity contribution in [2.75, 3.05) is 26.2 Å². The van der Waals surface area contributed by atoms with Gasteiger partial charge >= 0.3 is 0 Å². The Labute approximate surface area is 104 Å². The van der Waals surface area contributed by atoms with Crippen LogP contribution in [0.5, 0.6) is 0 Å². The van der Waals surface area contributed by atoms with Gasteiger partial charge in [-0.1, -0.05) is 0 Å². The van der Waals surface area contributed by atoms with E-state index in [-0.39, 0.29) is 5.91 Å². The standard InChI is InChI=1S/C13H25N3O/c1-11(17)15-7-2-8-16(10-9-15)13-5-3-12(14)4-6-13/h12-13H,2-10,14H2,1H3.